The van der Waals surface area contributed by atoms with E-state index >= 15 is 0 Å². The molecule has 5 rings (SSSR count). The highest BCUT2D eigenvalue weighted by molar-refractivity contribution is 5.90. The average Bonchev–Trinajstić information content (AvgIpc) is 3.28. The Morgan fingerprint density at radius 2 is 1.68 bits per heavy atom. The second-order valence-electron chi connectivity index (χ2n) is 10.0. The first-order valence-electron chi connectivity index (χ1n) is 12.9. The number of ether oxygens (including phenoxy) is 2. The summed E-state index contributed by atoms with van der Waals surface area (Å²) in [7, 11) is 3.22. The zero-order valence-corrected chi connectivity index (χ0v) is 22.8. The van der Waals surface area contributed by atoms with Crippen LogP contribution in [0.5, 0.6) is 11.5 Å². The van der Waals surface area contributed by atoms with E-state index in [-0.39, 0.29) is 17.5 Å². The lowest BCUT2D eigenvalue weighted by molar-refractivity contribution is -0.129. The summed E-state index contributed by atoms with van der Waals surface area (Å²) < 4.78 is 14.4. The molecule has 0 aliphatic carbocycles. The average molecular weight is 519 g/mol. The van der Waals surface area contributed by atoms with E-state index in [9.17, 15) is 9.59 Å². The minimum Gasteiger partial charge on any atom is -0.497 e. The highest BCUT2D eigenvalue weighted by Crippen LogP contribution is 2.28. The van der Waals surface area contributed by atoms with Gasteiger partial charge in [0.05, 0.1) is 43.9 Å². The maximum absolute atomic E-state index is 14.1. The number of methoxy groups -OCH3 is 2. The van der Waals surface area contributed by atoms with E-state index in [0.29, 0.717) is 60.9 Å². The number of fused-ring (bicyclic) bond motifs is 3. The molecule has 4 aromatic rings. The predicted molar refractivity (Wildman–Crippen MR) is 147 cm³/mol. The van der Waals surface area contributed by atoms with E-state index in [2.05, 4.69) is 18.7 Å². The largest absolute Gasteiger partial charge is 0.497 e. The Bertz CT molecular complexity index is 1560. The molecule has 38 heavy (non-hydrogen) atoms. The number of rotatable bonds is 6. The first-order valence-corrected chi connectivity index (χ1v) is 12.9. The van der Waals surface area contributed by atoms with Gasteiger partial charge in [-0.1, -0.05) is 13.8 Å². The summed E-state index contributed by atoms with van der Waals surface area (Å²) in [6.07, 6.45) is 1.84. The van der Waals surface area contributed by atoms with Gasteiger partial charge in [0.15, 0.2) is 5.65 Å². The summed E-state index contributed by atoms with van der Waals surface area (Å²) >= 11 is 0. The fraction of sp³-hybridized carbons (Fsp3) is 0.429. The molecule has 0 spiro atoms. The third kappa shape index (κ3) is 4.44. The SMILES string of the molecule is COc1cc(Cn2c(=O)n3c(C)c(C(C)C)nc3c3ncc(N4CCN(C(C)=O)CC4)cc32)cc(OC)c1. The molecule has 3 aromatic heterocycles. The smallest absolute Gasteiger partial charge is 0.335 e. The highest BCUT2D eigenvalue weighted by atomic mass is 16.5. The fourth-order valence-corrected chi connectivity index (χ4v) is 5.25. The molecular formula is C28H34N6O4. The van der Waals surface area contributed by atoms with Gasteiger partial charge in [-0.3, -0.25) is 9.36 Å². The third-order valence-corrected chi connectivity index (χ3v) is 7.31. The van der Waals surface area contributed by atoms with E-state index < -0.39 is 0 Å². The van der Waals surface area contributed by atoms with Crippen molar-refractivity contribution in [1.82, 2.24) is 23.8 Å². The zero-order chi connectivity index (χ0) is 27.1. The number of carbonyl (C=O) groups excluding carboxylic acids is 1. The standard InChI is InChI=1S/C28H34N6O4/c1-17(2)25-18(3)34-27(30-25)26-24(13-21(15-29-26)32-9-7-31(8-10-32)19(4)35)33(28(34)36)16-20-11-22(37-5)14-23(12-20)38-6/h11-15,17H,7-10,16H2,1-6H3. The number of aryl methyl sites for hydroxylation is 1. The molecule has 0 bridgehead atoms. The van der Waals surface area contributed by atoms with Gasteiger partial charge >= 0.3 is 5.69 Å². The highest BCUT2D eigenvalue weighted by Gasteiger charge is 2.23. The van der Waals surface area contributed by atoms with Crippen LogP contribution < -0.4 is 20.1 Å². The maximum Gasteiger partial charge on any atom is 0.335 e. The number of anilines is 1. The van der Waals surface area contributed by atoms with Crippen LogP contribution in [0, 0.1) is 6.92 Å². The van der Waals surface area contributed by atoms with Crippen LogP contribution in [0.3, 0.4) is 0 Å². The van der Waals surface area contributed by atoms with Gasteiger partial charge in [-0.2, -0.15) is 0 Å². The second-order valence-corrected chi connectivity index (χ2v) is 10.0. The molecule has 4 heterocycles. The van der Waals surface area contributed by atoms with Crippen molar-refractivity contribution in [3.63, 3.8) is 0 Å². The van der Waals surface area contributed by atoms with Gasteiger partial charge in [0, 0.05) is 44.9 Å². The molecule has 1 fully saturated rings. The van der Waals surface area contributed by atoms with Crippen LogP contribution >= 0.6 is 0 Å². The number of piperazine rings is 1. The van der Waals surface area contributed by atoms with Crippen molar-refractivity contribution in [2.24, 2.45) is 0 Å². The molecular weight excluding hydrogens is 484 g/mol. The van der Waals surface area contributed by atoms with Gasteiger partial charge in [-0.15, -0.1) is 0 Å². The molecule has 1 saturated heterocycles. The van der Waals surface area contributed by atoms with Gasteiger partial charge in [0.25, 0.3) is 0 Å². The molecule has 0 saturated carbocycles. The van der Waals surface area contributed by atoms with Crippen molar-refractivity contribution in [3.8, 4) is 11.5 Å². The van der Waals surface area contributed by atoms with E-state index in [1.54, 1.807) is 30.1 Å². The summed E-state index contributed by atoms with van der Waals surface area (Å²) in [5, 5.41) is 0. The molecule has 0 N–H and O–H groups in total. The van der Waals surface area contributed by atoms with E-state index in [1.807, 2.05) is 42.3 Å². The molecule has 1 aliphatic heterocycles. The van der Waals surface area contributed by atoms with Crippen LogP contribution in [0.4, 0.5) is 5.69 Å². The van der Waals surface area contributed by atoms with Crippen molar-refractivity contribution in [3.05, 3.63) is 57.9 Å². The lowest BCUT2D eigenvalue weighted by atomic mass is 10.1. The summed E-state index contributed by atoms with van der Waals surface area (Å²) in [6.45, 7) is 10.7. The van der Waals surface area contributed by atoms with Crippen LogP contribution in [0.2, 0.25) is 0 Å². The minimum atomic E-state index is -0.175. The predicted octanol–water partition coefficient (Wildman–Crippen LogP) is 3.21. The number of benzene rings is 1. The summed E-state index contributed by atoms with van der Waals surface area (Å²) in [5.41, 5.74) is 5.25. The van der Waals surface area contributed by atoms with Gasteiger partial charge in [-0.05, 0) is 36.6 Å². The Morgan fingerprint density at radius 1 is 1.03 bits per heavy atom. The number of pyridine rings is 1. The maximum atomic E-state index is 14.1. The summed E-state index contributed by atoms with van der Waals surface area (Å²) in [6, 6.07) is 7.64. The van der Waals surface area contributed by atoms with Crippen LogP contribution in [0.15, 0.2) is 35.3 Å². The van der Waals surface area contributed by atoms with Crippen molar-refractivity contribution >= 4 is 28.3 Å². The number of hydrogen-bond acceptors (Lipinski definition) is 7. The molecule has 0 radical (unpaired) electrons. The zero-order valence-electron chi connectivity index (χ0n) is 22.8. The van der Waals surface area contributed by atoms with Crippen molar-refractivity contribution in [2.45, 2.75) is 40.2 Å². The van der Waals surface area contributed by atoms with Gasteiger partial charge < -0.3 is 19.3 Å². The van der Waals surface area contributed by atoms with Crippen molar-refractivity contribution in [2.75, 3.05) is 45.3 Å². The molecule has 200 valence electrons. The third-order valence-electron chi connectivity index (χ3n) is 7.31. The Morgan fingerprint density at radius 3 is 2.26 bits per heavy atom. The van der Waals surface area contributed by atoms with Crippen molar-refractivity contribution < 1.29 is 14.3 Å². The Hall–Kier alpha value is -4.08. The lowest BCUT2D eigenvalue weighted by Crippen LogP contribution is -2.48. The molecule has 10 heteroatoms. The van der Waals surface area contributed by atoms with Crippen LogP contribution in [0.1, 0.15) is 43.6 Å². The number of hydrogen-bond donors (Lipinski definition) is 0. The van der Waals surface area contributed by atoms with E-state index in [0.717, 1.165) is 22.6 Å². The van der Waals surface area contributed by atoms with Gasteiger partial charge in [0.2, 0.25) is 5.91 Å². The van der Waals surface area contributed by atoms with Crippen LogP contribution in [-0.2, 0) is 11.3 Å². The van der Waals surface area contributed by atoms with Crippen LogP contribution in [0.25, 0.3) is 16.7 Å². The summed E-state index contributed by atoms with van der Waals surface area (Å²) in [5.74, 6) is 1.56. The second kappa shape index (κ2) is 10.00. The number of aromatic nitrogens is 4. The Kier molecular flexibility index (Phi) is 6.73. The van der Waals surface area contributed by atoms with Gasteiger partial charge in [0.1, 0.15) is 17.0 Å². The molecule has 0 atom stereocenters. The first kappa shape index (κ1) is 25.6. The number of amides is 1. The van der Waals surface area contributed by atoms with E-state index in [4.69, 9.17) is 19.4 Å². The monoisotopic (exact) mass is 518 g/mol. The Labute approximate surface area is 221 Å². The van der Waals surface area contributed by atoms with Gasteiger partial charge in [-0.25, -0.2) is 19.2 Å². The fourth-order valence-electron chi connectivity index (χ4n) is 5.25. The summed E-state index contributed by atoms with van der Waals surface area (Å²) in [4.78, 5) is 39.6. The normalized spacial score (nSPS) is 14.1. The minimum absolute atomic E-state index is 0.0851. The van der Waals surface area contributed by atoms with Crippen LogP contribution in [-0.4, -0.2) is 70.1 Å². The Balaban J connectivity index is 1.70. The first-order chi connectivity index (χ1) is 18.2. The van der Waals surface area contributed by atoms with E-state index in [1.165, 1.54) is 0 Å². The number of imidazole rings is 1. The molecule has 0 unspecified atom stereocenters. The van der Waals surface area contributed by atoms with Crippen molar-refractivity contribution in [1.29, 1.82) is 0 Å². The molecule has 1 aliphatic rings. The molecule has 1 aromatic carbocycles. The quantitative estimate of drug-likeness (QED) is 0.387. The topological polar surface area (TPSA) is 94.2 Å². The number of carbonyl (C=O) groups is 1. The molecule has 1 amide bonds. The lowest BCUT2D eigenvalue weighted by Gasteiger charge is -2.35. The molecule has 10 nitrogen and oxygen atoms in total. The number of nitrogens with zero attached hydrogens (tertiary/aromatic N) is 6.